The number of benzene rings is 2. The van der Waals surface area contributed by atoms with Crippen LogP contribution in [0.25, 0.3) is 10.9 Å². The summed E-state index contributed by atoms with van der Waals surface area (Å²) < 4.78 is 0. The average molecular weight is 594 g/mol. The van der Waals surface area contributed by atoms with Crippen LogP contribution in [0.3, 0.4) is 0 Å². The first-order chi connectivity index (χ1) is 13.4. The summed E-state index contributed by atoms with van der Waals surface area (Å²) in [6.07, 6.45) is 2.32. The number of anilines is 1. The Labute approximate surface area is 198 Å². The molecule has 2 heterocycles. The van der Waals surface area contributed by atoms with Crippen LogP contribution in [-0.4, -0.2) is 23.3 Å². The van der Waals surface area contributed by atoms with Gasteiger partial charge in [0.2, 0.25) is 0 Å². The van der Waals surface area contributed by atoms with E-state index in [0.29, 0.717) is 16.6 Å². The molecule has 0 amide bonds. The fourth-order valence-corrected chi connectivity index (χ4v) is 4.39. The van der Waals surface area contributed by atoms with Crippen molar-refractivity contribution in [1.82, 2.24) is 10.2 Å². The molecule has 1 aliphatic rings. The number of piperidine rings is 1. The summed E-state index contributed by atoms with van der Waals surface area (Å²) in [7, 11) is 0. The molecule has 1 radical (unpaired) electrons. The van der Waals surface area contributed by atoms with Crippen LogP contribution in [-0.2, 0) is 25.8 Å². The molecule has 3 aromatic rings. The number of hydrogen-bond acceptors (Lipinski definition) is 3. The minimum Gasteiger partial charge on any atom is -0.369 e. The van der Waals surface area contributed by atoms with Crippen LogP contribution in [0.4, 0.5) is 5.69 Å². The molecule has 4 nitrogen and oxygen atoms in total. The van der Waals surface area contributed by atoms with E-state index in [1.807, 2.05) is 12.1 Å². The third-order valence-corrected chi connectivity index (χ3v) is 6.08. The van der Waals surface area contributed by atoms with Crippen molar-refractivity contribution in [2.75, 3.05) is 18.0 Å². The van der Waals surface area contributed by atoms with E-state index < -0.39 is 0 Å². The Morgan fingerprint density at radius 3 is 2.50 bits per heavy atom. The van der Waals surface area contributed by atoms with Crippen LogP contribution < -0.4 is 4.90 Å². The second kappa shape index (κ2) is 9.53. The molecule has 1 saturated heterocycles. The molecule has 0 spiro atoms. The zero-order valence-corrected chi connectivity index (χ0v) is 21.4. The monoisotopic (exact) mass is 594 g/mol. The van der Waals surface area contributed by atoms with Gasteiger partial charge in [-0.1, -0.05) is 56.6 Å². The van der Waals surface area contributed by atoms with Gasteiger partial charge in [-0.2, -0.15) is 10.4 Å². The molecular weight excluding hydrogens is 566 g/mol. The molecule has 1 N–H and O–H groups in total. The fourth-order valence-electron chi connectivity index (χ4n) is 4.15. The SMILES string of the molecule is CC(C)(C)c1ccc(C2CCCN(c3ccc(Cl)c4c(C#N)n[nH]c34)C2)cc1.[CH3-].[Re]. The molecule has 0 saturated carbocycles. The Kier molecular flexibility index (Phi) is 7.75. The van der Waals surface area contributed by atoms with Crippen molar-refractivity contribution in [1.29, 1.82) is 5.26 Å². The third kappa shape index (κ3) is 4.57. The number of H-pyrrole nitrogens is 1. The van der Waals surface area contributed by atoms with Crippen LogP contribution in [0.2, 0.25) is 5.02 Å². The zero-order valence-electron chi connectivity index (χ0n) is 18.0. The molecule has 0 aliphatic carbocycles. The van der Waals surface area contributed by atoms with Gasteiger partial charge in [-0.25, -0.2) is 0 Å². The molecule has 6 heteroatoms. The zero-order chi connectivity index (χ0) is 19.9. The van der Waals surface area contributed by atoms with Gasteiger partial charge in [-0.05, 0) is 41.5 Å². The van der Waals surface area contributed by atoms with E-state index in [1.165, 1.54) is 17.5 Å². The maximum atomic E-state index is 9.32. The number of aromatic nitrogens is 2. The minimum absolute atomic E-state index is 0. The predicted octanol–water partition coefficient (Wildman–Crippen LogP) is 6.22. The summed E-state index contributed by atoms with van der Waals surface area (Å²) in [5.74, 6) is 0.492. The third-order valence-electron chi connectivity index (χ3n) is 5.76. The van der Waals surface area contributed by atoms with Crippen molar-refractivity contribution in [3.05, 3.63) is 65.7 Å². The normalized spacial score (nSPS) is 16.5. The molecule has 1 fully saturated rings. The topological polar surface area (TPSA) is 55.7 Å². The first-order valence-electron chi connectivity index (χ1n) is 9.80. The summed E-state index contributed by atoms with van der Waals surface area (Å²) >= 11 is 6.34. The smallest absolute Gasteiger partial charge is 0.171 e. The number of nitrogens with one attached hydrogen (secondary N) is 1. The van der Waals surface area contributed by atoms with Gasteiger partial charge >= 0.3 is 0 Å². The van der Waals surface area contributed by atoms with Gasteiger partial charge in [0.15, 0.2) is 5.69 Å². The van der Waals surface area contributed by atoms with Crippen molar-refractivity contribution in [3.63, 3.8) is 0 Å². The minimum atomic E-state index is 0. The maximum absolute atomic E-state index is 9.32. The van der Waals surface area contributed by atoms with E-state index in [9.17, 15) is 5.26 Å². The van der Waals surface area contributed by atoms with E-state index in [2.05, 4.69) is 66.2 Å². The van der Waals surface area contributed by atoms with Gasteiger partial charge in [-0.3, -0.25) is 5.10 Å². The molecule has 2 aromatic carbocycles. The average Bonchev–Trinajstić information content (AvgIpc) is 3.13. The maximum Gasteiger partial charge on any atom is 0.171 e. The Morgan fingerprint density at radius 1 is 1.17 bits per heavy atom. The first kappa shape index (κ1) is 24.4. The molecule has 30 heavy (non-hydrogen) atoms. The van der Waals surface area contributed by atoms with E-state index >= 15 is 0 Å². The Bertz CT molecular complexity index is 1040. The fraction of sp³-hybridized carbons (Fsp3) is 0.375. The van der Waals surface area contributed by atoms with Crippen LogP contribution in [0.1, 0.15) is 56.4 Å². The number of rotatable bonds is 2. The summed E-state index contributed by atoms with van der Waals surface area (Å²) in [5, 5.41) is 17.8. The van der Waals surface area contributed by atoms with Gasteiger partial charge in [0.05, 0.1) is 21.6 Å². The van der Waals surface area contributed by atoms with Gasteiger partial charge in [0.1, 0.15) is 6.07 Å². The number of fused-ring (bicyclic) bond motifs is 1. The predicted molar refractivity (Wildman–Crippen MR) is 122 cm³/mol. The van der Waals surface area contributed by atoms with E-state index in [1.54, 1.807) is 0 Å². The standard InChI is InChI=1S/C23H25ClN4.CH3.Re/c1-23(2,3)17-8-6-15(7-9-17)16-5-4-12-28(14-16)20-11-10-18(24)21-19(13-25)26-27-22(20)21;;/h6-11,16H,4-5,12,14H2,1-3H3,(H,26,27);1H3;/q;-1;. The Balaban J connectivity index is 0.00000160. The Morgan fingerprint density at radius 2 is 1.87 bits per heavy atom. The second-order valence-electron chi connectivity index (χ2n) is 8.66. The van der Waals surface area contributed by atoms with Crippen molar-refractivity contribution < 1.29 is 20.4 Å². The largest absolute Gasteiger partial charge is 0.369 e. The molecule has 4 rings (SSSR count). The molecule has 1 atom stereocenters. The van der Waals surface area contributed by atoms with Gasteiger partial charge in [-0.15, -0.1) is 0 Å². The summed E-state index contributed by atoms with van der Waals surface area (Å²) in [5.41, 5.74) is 5.21. The molecule has 1 aliphatic heterocycles. The second-order valence-corrected chi connectivity index (χ2v) is 9.06. The molecule has 0 bridgehead atoms. The first-order valence-corrected chi connectivity index (χ1v) is 10.2. The number of hydrogen-bond donors (Lipinski definition) is 1. The summed E-state index contributed by atoms with van der Waals surface area (Å²) in [6.45, 7) is 8.68. The van der Waals surface area contributed by atoms with E-state index in [-0.39, 0.29) is 33.3 Å². The van der Waals surface area contributed by atoms with Crippen LogP contribution in [0.5, 0.6) is 0 Å². The van der Waals surface area contributed by atoms with Crippen molar-refractivity contribution in [2.45, 2.75) is 44.9 Å². The van der Waals surface area contributed by atoms with Crippen molar-refractivity contribution in [3.8, 4) is 6.07 Å². The van der Waals surface area contributed by atoms with Crippen LogP contribution in [0, 0.1) is 18.8 Å². The van der Waals surface area contributed by atoms with Crippen molar-refractivity contribution in [2.24, 2.45) is 0 Å². The van der Waals surface area contributed by atoms with Crippen LogP contribution in [0.15, 0.2) is 36.4 Å². The quantitative estimate of drug-likeness (QED) is 0.359. The van der Waals surface area contributed by atoms with Gasteiger partial charge in [0, 0.05) is 39.4 Å². The van der Waals surface area contributed by atoms with E-state index in [0.717, 1.165) is 36.1 Å². The molecule has 1 unspecified atom stereocenters. The van der Waals surface area contributed by atoms with Gasteiger partial charge < -0.3 is 12.3 Å². The van der Waals surface area contributed by atoms with Crippen LogP contribution >= 0.6 is 11.6 Å². The van der Waals surface area contributed by atoms with E-state index in [4.69, 9.17) is 11.6 Å². The molecule has 1 aromatic heterocycles. The number of nitriles is 1. The number of aromatic amines is 1. The summed E-state index contributed by atoms with van der Waals surface area (Å²) in [6, 6.07) is 15.1. The number of halogens is 1. The Hall–Kier alpha value is -1.85. The number of nitrogens with zero attached hydrogens (tertiary/aromatic N) is 3. The summed E-state index contributed by atoms with van der Waals surface area (Å²) in [4.78, 5) is 2.39. The van der Waals surface area contributed by atoms with Crippen molar-refractivity contribution >= 4 is 28.2 Å². The van der Waals surface area contributed by atoms with Gasteiger partial charge in [0.25, 0.3) is 0 Å². The molecule has 159 valence electrons. The molecular formula is C24H28ClN4Re-.